The van der Waals surface area contributed by atoms with Crippen molar-refractivity contribution in [3.63, 3.8) is 0 Å². The van der Waals surface area contributed by atoms with Crippen LogP contribution in [0.5, 0.6) is 0 Å². The average Bonchev–Trinajstić information content (AvgIpc) is 2.97. The zero-order valence-electron chi connectivity index (χ0n) is 11.2. The van der Waals surface area contributed by atoms with Crippen LogP contribution in [0.1, 0.15) is 21.6 Å². The first-order valence-corrected chi connectivity index (χ1v) is 7.42. The highest BCUT2D eigenvalue weighted by Crippen LogP contribution is 2.25. The molecule has 0 bridgehead atoms. The molecule has 1 N–H and O–H groups in total. The number of carboxylic acids is 1. The number of hydrogen-bond acceptors (Lipinski definition) is 3. The van der Waals surface area contributed by atoms with Crippen molar-refractivity contribution in [2.24, 2.45) is 0 Å². The lowest BCUT2D eigenvalue weighted by Gasteiger charge is -1.99. The molecule has 0 aliphatic carbocycles. The van der Waals surface area contributed by atoms with Crippen LogP contribution >= 0.6 is 11.3 Å². The van der Waals surface area contributed by atoms with Gasteiger partial charge in [-0.3, -0.25) is 0 Å². The molecule has 0 spiro atoms. The maximum atomic E-state index is 11.0. The summed E-state index contributed by atoms with van der Waals surface area (Å²) in [6.45, 7) is 0. The van der Waals surface area contributed by atoms with Crippen molar-refractivity contribution in [1.29, 1.82) is 0 Å². The monoisotopic (exact) mass is 295 g/mol. The Morgan fingerprint density at radius 2 is 1.90 bits per heavy atom. The molecule has 0 aliphatic heterocycles. The van der Waals surface area contributed by atoms with E-state index in [9.17, 15) is 4.79 Å². The number of nitrogens with zero attached hydrogens (tertiary/aromatic N) is 1. The molecule has 0 aliphatic rings. The molecular weight excluding hydrogens is 282 g/mol. The Balaban J connectivity index is 1.85. The number of benzene rings is 2. The fourth-order valence-corrected chi connectivity index (χ4v) is 2.93. The SMILES string of the molecule is O=C(O)c1cccc(-c2nc(Cc3ccccc3)cs2)c1. The van der Waals surface area contributed by atoms with Gasteiger partial charge in [0.05, 0.1) is 11.3 Å². The summed E-state index contributed by atoms with van der Waals surface area (Å²) in [7, 11) is 0. The Hall–Kier alpha value is -2.46. The molecule has 4 heteroatoms. The summed E-state index contributed by atoms with van der Waals surface area (Å²) in [5.74, 6) is -0.919. The molecule has 3 rings (SSSR count). The van der Waals surface area contributed by atoms with Crippen molar-refractivity contribution in [2.45, 2.75) is 6.42 Å². The van der Waals surface area contributed by atoms with Crippen LogP contribution in [0.25, 0.3) is 10.6 Å². The van der Waals surface area contributed by atoms with E-state index in [2.05, 4.69) is 17.1 Å². The highest BCUT2D eigenvalue weighted by Gasteiger charge is 2.08. The zero-order valence-corrected chi connectivity index (χ0v) is 12.0. The fraction of sp³-hybridized carbons (Fsp3) is 0.0588. The van der Waals surface area contributed by atoms with Gasteiger partial charge in [-0.2, -0.15) is 0 Å². The number of hydrogen-bond donors (Lipinski definition) is 1. The van der Waals surface area contributed by atoms with E-state index in [1.807, 2.05) is 29.6 Å². The Kier molecular flexibility index (Phi) is 3.79. The molecule has 3 aromatic rings. The molecule has 0 amide bonds. The van der Waals surface area contributed by atoms with E-state index in [-0.39, 0.29) is 5.56 Å². The molecule has 0 atom stereocenters. The number of aromatic carboxylic acids is 1. The van der Waals surface area contributed by atoms with Crippen molar-refractivity contribution >= 4 is 17.3 Å². The molecule has 0 saturated carbocycles. The molecule has 0 fully saturated rings. The standard InChI is InChI=1S/C17H13NO2S/c19-17(20)14-8-4-7-13(10-14)16-18-15(11-21-16)9-12-5-2-1-3-6-12/h1-8,10-11H,9H2,(H,19,20). The van der Waals surface area contributed by atoms with E-state index >= 15 is 0 Å². The van der Waals surface area contributed by atoms with Crippen LogP contribution in [-0.4, -0.2) is 16.1 Å². The third-order valence-corrected chi connectivity index (χ3v) is 4.08. The number of rotatable bonds is 4. The largest absolute Gasteiger partial charge is 0.478 e. The van der Waals surface area contributed by atoms with Gasteiger partial charge < -0.3 is 5.11 Å². The predicted octanol–water partition coefficient (Wildman–Crippen LogP) is 4.10. The van der Waals surface area contributed by atoms with Crippen LogP contribution in [0.4, 0.5) is 0 Å². The van der Waals surface area contributed by atoms with E-state index in [1.54, 1.807) is 18.2 Å². The lowest BCUT2D eigenvalue weighted by molar-refractivity contribution is 0.0697. The lowest BCUT2D eigenvalue weighted by atomic mass is 10.1. The summed E-state index contributed by atoms with van der Waals surface area (Å²) in [4.78, 5) is 15.6. The molecule has 0 unspecified atom stereocenters. The molecule has 2 aromatic carbocycles. The topological polar surface area (TPSA) is 50.2 Å². The maximum Gasteiger partial charge on any atom is 0.335 e. The van der Waals surface area contributed by atoms with Gasteiger partial charge >= 0.3 is 5.97 Å². The highest BCUT2D eigenvalue weighted by molar-refractivity contribution is 7.13. The van der Waals surface area contributed by atoms with Gasteiger partial charge in [0.1, 0.15) is 5.01 Å². The third-order valence-electron chi connectivity index (χ3n) is 3.14. The van der Waals surface area contributed by atoms with Crippen LogP contribution in [0.15, 0.2) is 60.0 Å². The van der Waals surface area contributed by atoms with Crippen molar-refractivity contribution < 1.29 is 9.90 Å². The van der Waals surface area contributed by atoms with Crippen molar-refractivity contribution in [1.82, 2.24) is 4.98 Å². The summed E-state index contributed by atoms with van der Waals surface area (Å²) in [5, 5.41) is 11.9. The summed E-state index contributed by atoms with van der Waals surface area (Å²) >= 11 is 1.54. The number of thiazole rings is 1. The minimum Gasteiger partial charge on any atom is -0.478 e. The van der Waals surface area contributed by atoms with Gasteiger partial charge in [-0.1, -0.05) is 42.5 Å². The van der Waals surface area contributed by atoms with Crippen molar-refractivity contribution in [2.75, 3.05) is 0 Å². The molecule has 1 heterocycles. The second-order valence-corrected chi connectivity index (χ2v) is 5.55. The number of carboxylic acid groups (broad SMARTS) is 1. The third kappa shape index (κ3) is 3.17. The Labute approximate surface area is 126 Å². The summed E-state index contributed by atoms with van der Waals surface area (Å²) in [6.07, 6.45) is 0.788. The normalized spacial score (nSPS) is 10.5. The Morgan fingerprint density at radius 1 is 1.10 bits per heavy atom. The van der Waals surface area contributed by atoms with Gasteiger partial charge in [0, 0.05) is 17.4 Å². The summed E-state index contributed by atoms with van der Waals surface area (Å²) < 4.78 is 0. The summed E-state index contributed by atoms with van der Waals surface area (Å²) in [6, 6.07) is 17.0. The van der Waals surface area contributed by atoms with E-state index in [0.29, 0.717) is 0 Å². The van der Waals surface area contributed by atoms with Crippen LogP contribution in [-0.2, 0) is 6.42 Å². The van der Waals surface area contributed by atoms with Crippen molar-refractivity contribution in [3.8, 4) is 10.6 Å². The first-order valence-electron chi connectivity index (χ1n) is 6.54. The fourth-order valence-electron chi connectivity index (χ4n) is 2.11. The maximum absolute atomic E-state index is 11.0. The Bertz CT molecular complexity index is 765. The number of carbonyl (C=O) groups is 1. The van der Waals surface area contributed by atoms with Crippen LogP contribution in [0.3, 0.4) is 0 Å². The minimum absolute atomic E-state index is 0.285. The molecule has 21 heavy (non-hydrogen) atoms. The van der Waals surface area contributed by atoms with Crippen LogP contribution in [0, 0.1) is 0 Å². The van der Waals surface area contributed by atoms with Crippen LogP contribution < -0.4 is 0 Å². The summed E-state index contributed by atoms with van der Waals surface area (Å²) in [5.41, 5.74) is 3.35. The van der Waals surface area contributed by atoms with E-state index in [1.165, 1.54) is 16.9 Å². The van der Waals surface area contributed by atoms with Gasteiger partial charge in [-0.15, -0.1) is 11.3 Å². The lowest BCUT2D eigenvalue weighted by Crippen LogP contribution is -1.95. The van der Waals surface area contributed by atoms with E-state index in [4.69, 9.17) is 5.11 Å². The second-order valence-electron chi connectivity index (χ2n) is 4.69. The first-order chi connectivity index (χ1) is 10.2. The second kappa shape index (κ2) is 5.89. The Morgan fingerprint density at radius 3 is 2.67 bits per heavy atom. The molecule has 3 nitrogen and oxygen atoms in total. The van der Waals surface area contributed by atoms with E-state index in [0.717, 1.165) is 22.7 Å². The van der Waals surface area contributed by atoms with Gasteiger partial charge in [-0.05, 0) is 17.7 Å². The predicted molar refractivity (Wildman–Crippen MR) is 83.8 cm³/mol. The van der Waals surface area contributed by atoms with Gasteiger partial charge in [0.2, 0.25) is 0 Å². The molecule has 0 saturated heterocycles. The quantitative estimate of drug-likeness (QED) is 0.788. The van der Waals surface area contributed by atoms with Gasteiger partial charge in [-0.25, -0.2) is 9.78 Å². The first kappa shape index (κ1) is 13.5. The average molecular weight is 295 g/mol. The highest BCUT2D eigenvalue weighted by atomic mass is 32.1. The van der Waals surface area contributed by atoms with E-state index < -0.39 is 5.97 Å². The van der Waals surface area contributed by atoms with Crippen LogP contribution in [0.2, 0.25) is 0 Å². The van der Waals surface area contributed by atoms with Gasteiger partial charge in [0.25, 0.3) is 0 Å². The molecule has 0 radical (unpaired) electrons. The smallest absolute Gasteiger partial charge is 0.335 e. The van der Waals surface area contributed by atoms with Crippen molar-refractivity contribution in [3.05, 3.63) is 76.8 Å². The molecular formula is C17H13NO2S. The molecule has 104 valence electrons. The zero-order chi connectivity index (χ0) is 14.7. The molecule has 1 aromatic heterocycles. The van der Waals surface area contributed by atoms with Gasteiger partial charge in [0.15, 0.2) is 0 Å². The minimum atomic E-state index is -0.919. The number of aromatic nitrogens is 1.